The summed E-state index contributed by atoms with van der Waals surface area (Å²) < 4.78 is 5.12. The number of carbonyl (C=O) groups is 2. The third-order valence-corrected chi connectivity index (χ3v) is 5.11. The number of urea groups is 1. The third kappa shape index (κ3) is 4.56. The average Bonchev–Trinajstić information content (AvgIpc) is 2.97. The first-order chi connectivity index (χ1) is 12.6. The Morgan fingerprint density at radius 3 is 2.73 bits per heavy atom. The molecule has 0 atom stereocenters. The second-order valence-electron chi connectivity index (χ2n) is 6.61. The van der Waals surface area contributed by atoms with E-state index in [4.69, 9.17) is 16.3 Å². The van der Waals surface area contributed by atoms with Crippen molar-refractivity contribution in [3.8, 4) is 0 Å². The molecular weight excluding hydrogens is 354 g/mol. The molecule has 1 saturated heterocycles. The van der Waals surface area contributed by atoms with Crippen molar-refractivity contribution in [2.45, 2.75) is 32.6 Å². The van der Waals surface area contributed by atoms with E-state index >= 15 is 0 Å². The predicted octanol–water partition coefficient (Wildman–Crippen LogP) is 3.32. The Labute approximate surface area is 158 Å². The quantitative estimate of drug-likeness (QED) is 0.772. The average molecular weight is 378 g/mol. The number of hydrogen-bond donors (Lipinski definition) is 2. The van der Waals surface area contributed by atoms with E-state index in [-0.39, 0.29) is 18.6 Å². The maximum absolute atomic E-state index is 12.3. The van der Waals surface area contributed by atoms with E-state index in [9.17, 15) is 9.59 Å². The normalized spacial score (nSPS) is 18.0. The molecule has 26 heavy (non-hydrogen) atoms. The number of nitrogens with one attached hydrogen (secondary N) is 2. The highest BCUT2D eigenvalue weighted by Gasteiger charge is 2.28. The monoisotopic (exact) mass is 377 g/mol. The van der Waals surface area contributed by atoms with Crippen LogP contribution in [0.1, 0.15) is 31.7 Å². The summed E-state index contributed by atoms with van der Waals surface area (Å²) in [5.41, 5.74) is 2.72. The lowest BCUT2D eigenvalue weighted by Crippen LogP contribution is -2.34. The van der Waals surface area contributed by atoms with Crippen LogP contribution < -0.4 is 10.6 Å². The maximum Gasteiger partial charge on any atom is 0.337 e. The number of halogens is 1. The van der Waals surface area contributed by atoms with Gasteiger partial charge in [-0.05, 0) is 56.1 Å². The molecule has 0 radical (unpaired) electrons. The van der Waals surface area contributed by atoms with E-state index in [0.29, 0.717) is 28.5 Å². The number of anilines is 1. The van der Waals surface area contributed by atoms with Crippen LogP contribution in [0.25, 0.3) is 0 Å². The van der Waals surface area contributed by atoms with Gasteiger partial charge in [0.15, 0.2) is 0 Å². The molecule has 0 spiro atoms. The van der Waals surface area contributed by atoms with E-state index < -0.39 is 0 Å². The number of hydrogen-bond acceptors (Lipinski definition) is 4. The second-order valence-corrected chi connectivity index (χ2v) is 7.02. The Morgan fingerprint density at radius 1 is 1.23 bits per heavy atom. The van der Waals surface area contributed by atoms with Crippen LogP contribution in [-0.2, 0) is 16.0 Å². The largest absolute Gasteiger partial charge is 0.456 e. The van der Waals surface area contributed by atoms with Gasteiger partial charge in [0.05, 0.1) is 11.3 Å². The van der Waals surface area contributed by atoms with Gasteiger partial charge < -0.3 is 15.4 Å². The van der Waals surface area contributed by atoms with Gasteiger partial charge in [-0.15, -0.1) is 0 Å². The van der Waals surface area contributed by atoms with E-state index in [1.807, 2.05) is 13.0 Å². The molecule has 1 aromatic carbocycles. The molecule has 2 heterocycles. The number of piperidine rings is 1. The zero-order valence-electron chi connectivity index (χ0n) is 14.9. The molecule has 2 aliphatic rings. The predicted molar refractivity (Wildman–Crippen MR) is 101 cm³/mol. The summed E-state index contributed by atoms with van der Waals surface area (Å²) in [5, 5.41) is 6.24. The highest BCUT2D eigenvalue weighted by Crippen LogP contribution is 2.22. The van der Waals surface area contributed by atoms with Crippen molar-refractivity contribution in [2.75, 3.05) is 31.6 Å². The number of benzene rings is 1. The van der Waals surface area contributed by atoms with Crippen LogP contribution in [0.3, 0.4) is 0 Å². The van der Waals surface area contributed by atoms with Gasteiger partial charge in [-0.2, -0.15) is 0 Å². The lowest BCUT2D eigenvalue weighted by atomic mass is 10.1. The van der Waals surface area contributed by atoms with Gasteiger partial charge in [-0.3, -0.25) is 4.90 Å². The molecule has 0 unspecified atom stereocenters. The fourth-order valence-electron chi connectivity index (χ4n) is 3.27. The van der Waals surface area contributed by atoms with Crippen molar-refractivity contribution in [1.29, 1.82) is 0 Å². The van der Waals surface area contributed by atoms with Crippen molar-refractivity contribution in [3.63, 3.8) is 0 Å². The van der Waals surface area contributed by atoms with E-state index in [1.54, 1.807) is 12.1 Å². The Hall–Kier alpha value is -2.05. The van der Waals surface area contributed by atoms with Gasteiger partial charge in [0.2, 0.25) is 0 Å². The van der Waals surface area contributed by atoms with Crippen molar-refractivity contribution in [3.05, 3.63) is 40.1 Å². The molecule has 1 aromatic rings. The van der Waals surface area contributed by atoms with Gasteiger partial charge in [-0.1, -0.05) is 24.9 Å². The Morgan fingerprint density at radius 2 is 2.00 bits per heavy atom. The molecule has 2 amide bonds. The lowest BCUT2D eigenvalue weighted by Gasteiger charge is -2.26. The number of ether oxygens (including phenoxy) is 1. The summed E-state index contributed by atoms with van der Waals surface area (Å²) in [6.45, 7) is 4.58. The second kappa shape index (κ2) is 8.56. The number of nitrogens with zero attached hydrogens (tertiary/aromatic N) is 1. The number of aryl methyl sites for hydroxylation is 1. The number of amides is 2. The molecule has 140 valence electrons. The van der Waals surface area contributed by atoms with Crippen LogP contribution in [-0.4, -0.2) is 43.1 Å². The minimum atomic E-state index is -0.390. The smallest absolute Gasteiger partial charge is 0.337 e. The molecule has 0 aliphatic carbocycles. The Kier molecular flexibility index (Phi) is 6.16. The number of rotatable bonds is 5. The van der Waals surface area contributed by atoms with Crippen molar-refractivity contribution in [2.24, 2.45) is 0 Å². The van der Waals surface area contributed by atoms with Crippen molar-refractivity contribution < 1.29 is 14.3 Å². The van der Waals surface area contributed by atoms with Crippen molar-refractivity contribution >= 4 is 29.3 Å². The standard InChI is InChI=1S/C19H24ClN3O3/c1-2-13-10-14(6-7-16(13)20)21-19(25)22-17-12-26-18(24)15(17)11-23-8-4-3-5-9-23/h6-7,10H,2-5,8-9,11-12H2,1H3,(H2,21,22,25). The summed E-state index contributed by atoms with van der Waals surface area (Å²) in [4.78, 5) is 26.6. The van der Waals surface area contributed by atoms with E-state index in [2.05, 4.69) is 15.5 Å². The molecule has 1 fully saturated rings. The fourth-order valence-corrected chi connectivity index (χ4v) is 3.52. The highest BCUT2D eigenvalue weighted by molar-refractivity contribution is 6.31. The maximum atomic E-state index is 12.3. The minimum Gasteiger partial charge on any atom is -0.456 e. The highest BCUT2D eigenvalue weighted by atomic mass is 35.5. The molecule has 0 bridgehead atoms. The zero-order chi connectivity index (χ0) is 18.5. The molecule has 2 N–H and O–H groups in total. The summed E-state index contributed by atoms with van der Waals surface area (Å²) in [7, 11) is 0. The van der Waals surface area contributed by atoms with Gasteiger partial charge >= 0.3 is 12.0 Å². The minimum absolute atomic E-state index is 0.107. The number of esters is 1. The Balaban J connectivity index is 1.65. The first-order valence-corrected chi connectivity index (χ1v) is 9.42. The summed E-state index contributed by atoms with van der Waals surface area (Å²) in [6, 6.07) is 4.97. The summed E-state index contributed by atoms with van der Waals surface area (Å²) in [6.07, 6.45) is 4.29. The van der Waals surface area contributed by atoms with Gasteiger partial charge in [0.25, 0.3) is 0 Å². The molecule has 2 aliphatic heterocycles. The van der Waals surface area contributed by atoms with Crippen LogP contribution in [0.5, 0.6) is 0 Å². The number of carbonyl (C=O) groups excluding carboxylic acids is 2. The van der Waals surface area contributed by atoms with Crippen LogP contribution in [0.15, 0.2) is 29.5 Å². The number of cyclic esters (lactones) is 1. The first kappa shape index (κ1) is 18.7. The van der Waals surface area contributed by atoms with Gasteiger partial charge in [0.1, 0.15) is 6.61 Å². The summed E-state index contributed by atoms with van der Waals surface area (Å²) >= 11 is 6.10. The van der Waals surface area contributed by atoms with Crippen LogP contribution in [0, 0.1) is 0 Å². The van der Waals surface area contributed by atoms with Crippen LogP contribution in [0.2, 0.25) is 5.02 Å². The molecule has 0 saturated carbocycles. The van der Waals surface area contributed by atoms with Gasteiger partial charge in [0, 0.05) is 17.3 Å². The van der Waals surface area contributed by atoms with Crippen LogP contribution >= 0.6 is 11.6 Å². The SMILES string of the molecule is CCc1cc(NC(=O)NC2=C(CN3CCCCC3)C(=O)OC2)ccc1Cl. The summed E-state index contributed by atoms with van der Waals surface area (Å²) in [5.74, 6) is -0.342. The van der Waals surface area contributed by atoms with E-state index in [1.165, 1.54) is 6.42 Å². The third-order valence-electron chi connectivity index (χ3n) is 4.74. The molecule has 6 nitrogen and oxygen atoms in total. The molecular formula is C19H24ClN3O3. The van der Waals surface area contributed by atoms with Gasteiger partial charge in [-0.25, -0.2) is 9.59 Å². The molecule has 7 heteroatoms. The molecule has 3 rings (SSSR count). The zero-order valence-corrected chi connectivity index (χ0v) is 15.7. The van der Waals surface area contributed by atoms with Crippen LogP contribution in [0.4, 0.5) is 10.5 Å². The first-order valence-electron chi connectivity index (χ1n) is 9.04. The fraction of sp³-hybridized carbons (Fsp3) is 0.474. The van der Waals surface area contributed by atoms with E-state index in [0.717, 1.165) is 37.9 Å². The topological polar surface area (TPSA) is 70.7 Å². The van der Waals surface area contributed by atoms with Crippen molar-refractivity contribution in [1.82, 2.24) is 10.2 Å². The number of likely N-dealkylation sites (tertiary alicyclic amines) is 1. The molecule has 0 aromatic heterocycles. The lowest BCUT2D eigenvalue weighted by molar-refractivity contribution is -0.136. The Bertz CT molecular complexity index is 727.